The van der Waals surface area contributed by atoms with Crippen LogP contribution in [0.15, 0.2) is 10.7 Å². The van der Waals surface area contributed by atoms with E-state index < -0.39 is 0 Å². The molecule has 1 aliphatic rings. The van der Waals surface area contributed by atoms with Gasteiger partial charge in [-0.05, 0) is 32.6 Å². The van der Waals surface area contributed by atoms with Crippen LogP contribution in [0.4, 0.5) is 0 Å². The van der Waals surface area contributed by atoms with Gasteiger partial charge in [0.25, 0.3) is 0 Å². The molecule has 0 bridgehead atoms. The average molecular weight is 376 g/mol. The summed E-state index contributed by atoms with van der Waals surface area (Å²) in [6.07, 6.45) is 6.06. The third kappa shape index (κ3) is 5.62. The average Bonchev–Trinajstić information content (AvgIpc) is 3.23. The van der Waals surface area contributed by atoms with Crippen LogP contribution in [0.5, 0.6) is 0 Å². The highest BCUT2D eigenvalue weighted by molar-refractivity contribution is 5.16. The van der Waals surface area contributed by atoms with Crippen LogP contribution < -0.4 is 0 Å². The number of likely N-dealkylation sites (tertiary alicyclic amines) is 1. The first-order chi connectivity index (χ1) is 13.0. The molecule has 0 aliphatic carbocycles. The van der Waals surface area contributed by atoms with Gasteiger partial charge in [0.15, 0.2) is 5.82 Å². The van der Waals surface area contributed by atoms with Crippen LogP contribution in [-0.2, 0) is 30.7 Å². The number of piperidine rings is 1. The Labute approximate surface area is 162 Å². The van der Waals surface area contributed by atoms with Gasteiger partial charge in [0.1, 0.15) is 0 Å². The van der Waals surface area contributed by atoms with Crippen molar-refractivity contribution < 1.29 is 9.26 Å². The van der Waals surface area contributed by atoms with Crippen LogP contribution in [0.3, 0.4) is 0 Å². The molecule has 0 amide bonds. The molecule has 0 N–H and O–H groups in total. The van der Waals surface area contributed by atoms with Crippen molar-refractivity contribution in [2.75, 3.05) is 19.7 Å². The van der Waals surface area contributed by atoms with E-state index in [1.807, 2.05) is 6.20 Å². The van der Waals surface area contributed by atoms with Gasteiger partial charge in [-0.1, -0.05) is 19.0 Å². The largest absolute Gasteiger partial charge is 0.378 e. The highest BCUT2D eigenvalue weighted by Crippen LogP contribution is 2.18. The van der Waals surface area contributed by atoms with Crippen molar-refractivity contribution in [2.45, 2.75) is 72.6 Å². The summed E-state index contributed by atoms with van der Waals surface area (Å²) in [6.45, 7) is 13.3. The fourth-order valence-electron chi connectivity index (χ4n) is 3.57. The molecule has 27 heavy (non-hydrogen) atoms. The Morgan fingerprint density at radius 3 is 2.74 bits per heavy atom. The number of nitrogens with zero attached hydrogens (tertiary/aromatic N) is 5. The van der Waals surface area contributed by atoms with Gasteiger partial charge in [-0.15, -0.1) is 0 Å². The molecule has 1 saturated heterocycles. The van der Waals surface area contributed by atoms with Crippen LogP contribution in [0.2, 0.25) is 0 Å². The number of aryl methyl sites for hydroxylation is 1. The van der Waals surface area contributed by atoms with Gasteiger partial charge < -0.3 is 9.26 Å². The van der Waals surface area contributed by atoms with Gasteiger partial charge in [-0.3, -0.25) is 9.58 Å². The zero-order valence-electron chi connectivity index (χ0n) is 17.1. The summed E-state index contributed by atoms with van der Waals surface area (Å²) >= 11 is 0. The number of hydrogen-bond donors (Lipinski definition) is 0. The molecular weight excluding hydrogens is 342 g/mol. The van der Waals surface area contributed by atoms with E-state index in [9.17, 15) is 0 Å². The molecule has 3 rings (SSSR count). The van der Waals surface area contributed by atoms with Crippen LogP contribution >= 0.6 is 0 Å². The minimum atomic E-state index is 0.336. The second-order valence-corrected chi connectivity index (χ2v) is 7.87. The lowest BCUT2D eigenvalue weighted by molar-refractivity contribution is 0.00672. The molecule has 0 atom stereocenters. The number of rotatable bonds is 9. The van der Waals surface area contributed by atoms with Crippen LogP contribution in [0.25, 0.3) is 0 Å². The highest BCUT2D eigenvalue weighted by atomic mass is 16.5. The summed E-state index contributed by atoms with van der Waals surface area (Å²) in [5, 5.41) is 8.49. The van der Waals surface area contributed by atoms with Crippen LogP contribution in [0.1, 0.15) is 56.6 Å². The van der Waals surface area contributed by atoms with Crippen molar-refractivity contribution in [3.8, 4) is 0 Å². The molecule has 0 saturated carbocycles. The van der Waals surface area contributed by atoms with E-state index in [1.54, 1.807) is 0 Å². The number of hydrogen-bond acceptors (Lipinski definition) is 6. The van der Waals surface area contributed by atoms with Crippen molar-refractivity contribution >= 4 is 0 Å². The monoisotopic (exact) mass is 375 g/mol. The van der Waals surface area contributed by atoms with Gasteiger partial charge in [-0.25, -0.2) is 0 Å². The fraction of sp³-hybridized carbons (Fsp3) is 0.750. The minimum Gasteiger partial charge on any atom is -0.378 e. The molecule has 150 valence electrons. The highest BCUT2D eigenvalue weighted by Gasteiger charge is 2.21. The van der Waals surface area contributed by atoms with Gasteiger partial charge in [0.05, 0.1) is 18.9 Å². The van der Waals surface area contributed by atoms with Crippen molar-refractivity contribution in [3.63, 3.8) is 0 Å². The Morgan fingerprint density at radius 1 is 1.30 bits per heavy atom. The Morgan fingerprint density at radius 2 is 2.07 bits per heavy atom. The molecule has 0 unspecified atom stereocenters. The Balaban J connectivity index is 1.36. The molecular formula is C20H33N5O2. The van der Waals surface area contributed by atoms with Gasteiger partial charge in [0, 0.05) is 50.3 Å². The van der Waals surface area contributed by atoms with Gasteiger partial charge >= 0.3 is 0 Å². The smallest absolute Gasteiger partial charge is 0.226 e. The predicted molar refractivity (Wildman–Crippen MR) is 103 cm³/mol. The van der Waals surface area contributed by atoms with E-state index in [0.717, 1.165) is 63.6 Å². The molecule has 0 aromatic carbocycles. The first-order valence-electron chi connectivity index (χ1n) is 10.2. The topological polar surface area (TPSA) is 69.2 Å². The molecule has 0 spiro atoms. The van der Waals surface area contributed by atoms with E-state index >= 15 is 0 Å². The number of ether oxygens (including phenoxy) is 1. The van der Waals surface area contributed by atoms with E-state index in [0.29, 0.717) is 18.6 Å². The molecule has 2 aromatic rings. The Bertz CT molecular complexity index is 701. The summed E-state index contributed by atoms with van der Waals surface area (Å²) in [4.78, 5) is 6.94. The van der Waals surface area contributed by atoms with Crippen molar-refractivity contribution in [1.29, 1.82) is 0 Å². The molecule has 2 aromatic heterocycles. The molecule has 7 heteroatoms. The SMILES string of the molecule is CCn1ncc(CN2CCC(OCCc3noc(CC(C)C)n3)CC2)c1C. The zero-order chi connectivity index (χ0) is 19.2. The van der Waals surface area contributed by atoms with E-state index in [4.69, 9.17) is 9.26 Å². The van der Waals surface area contributed by atoms with Crippen molar-refractivity contribution in [1.82, 2.24) is 24.8 Å². The predicted octanol–water partition coefficient (Wildman–Crippen LogP) is 3.02. The summed E-state index contributed by atoms with van der Waals surface area (Å²) in [5.74, 6) is 2.02. The molecule has 0 radical (unpaired) electrons. The van der Waals surface area contributed by atoms with E-state index in [-0.39, 0.29) is 0 Å². The summed E-state index contributed by atoms with van der Waals surface area (Å²) < 4.78 is 13.4. The summed E-state index contributed by atoms with van der Waals surface area (Å²) in [7, 11) is 0. The third-order valence-corrected chi connectivity index (χ3v) is 5.21. The van der Waals surface area contributed by atoms with E-state index in [2.05, 4.69) is 52.5 Å². The first-order valence-corrected chi connectivity index (χ1v) is 10.2. The van der Waals surface area contributed by atoms with Crippen molar-refractivity contribution in [2.24, 2.45) is 5.92 Å². The van der Waals surface area contributed by atoms with Crippen LogP contribution in [0, 0.1) is 12.8 Å². The normalized spacial score (nSPS) is 16.5. The zero-order valence-corrected chi connectivity index (χ0v) is 17.1. The Hall–Kier alpha value is -1.73. The maximum Gasteiger partial charge on any atom is 0.226 e. The molecule has 1 fully saturated rings. The fourth-order valence-corrected chi connectivity index (χ4v) is 3.57. The maximum atomic E-state index is 6.06. The quantitative estimate of drug-likeness (QED) is 0.671. The molecule has 7 nitrogen and oxygen atoms in total. The van der Waals surface area contributed by atoms with Crippen molar-refractivity contribution in [3.05, 3.63) is 29.2 Å². The lowest BCUT2D eigenvalue weighted by Gasteiger charge is -2.31. The van der Waals surface area contributed by atoms with Gasteiger partial charge in [0.2, 0.25) is 5.89 Å². The Kier molecular flexibility index (Phi) is 7.01. The lowest BCUT2D eigenvalue weighted by Crippen LogP contribution is -2.36. The number of aromatic nitrogens is 4. The molecule has 1 aliphatic heterocycles. The maximum absolute atomic E-state index is 6.06. The van der Waals surface area contributed by atoms with Crippen LogP contribution in [-0.4, -0.2) is 50.6 Å². The van der Waals surface area contributed by atoms with Gasteiger partial charge in [-0.2, -0.15) is 10.1 Å². The van der Waals surface area contributed by atoms with E-state index in [1.165, 1.54) is 11.3 Å². The first kappa shape index (κ1) is 20.0. The summed E-state index contributed by atoms with van der Waals surface area (Å²) in [6, 6.07) is 0. The third-order valence-electron chi connectivity index (χ3n) is 5.21. The second kappa shape index (κ2) is 9.46. The lowest BCUT2D eigenvalue weighted by atomic mass is 10.1. The second-order valence-electron chi connectivity index (χ2n) is 7.87. The standard InChI is InChI=1S/C20H33N5O2/c1-5-25-16(4)17(13-21-25)14-24-9-6-18(7-10-24)26-11-8-19-22-20(27-23-19)12-15(2)3/h13,15,18H,5-12,14H2,1-4H3. The molecule has 3 heterocycles. The summed E-state index contributed by atoms with van der Waals surface area (Å²) in [5.41, 5.74) is 2.62. The minimum absolute atomic E-state index is 0.336.